The van der Waals surface area contributed by atoms with Crippen molar-refractivity contribution in [1.82, 2.24) is 10.6 Å². The van der Waals surface area contributed by atoms with Gasteiger partial charge < -0.3 is 15.4 Å². The van der Waals surface area contributed by atoms with Gasteiger partial charge in [-0.15, -0.1) is 24.0 Å². The topological polar surface area (TPSA) is 88.8 Å². The quantitative estimate of drug-likeness (QED) is 0.188. The van der Waals surface area contributed by atoms with E-state index in [4.69, 9.17) is 4.74 Å². The lowest BCUT2D eigenvalue weighted by molar-refractivity contribution is -0.384. The lowest BCUT2D eigenvalue weighted by Gasteiger charge is -2.18. The second kappa shape index (κ2) is 12.1. The molecule has 7 nitrogen and oxygen atoms in total. The highest BCUT2D eigenvalue weighted by molar-refractivity contribution is 14.0. The van der Waals surface area contributed by atoms with E-state index in [1.165, 1.54) is 18.2 Å². The van der Waals surface area contributed by atoms with Crippen molar-refractivity contribution in [1.29, 1.82) is 0 Å². The predicted octanol–water partition coefficient (Wildman–Crippen LogP) is 3.87. The highest BCUT2D eigenvalue weighted by Gasteiger charge is 2.09. The number of hydrogen-bond acceptors (Lipinski definition) is 4. The molecule has 1 unspecified atom stereocenters. The second-order valence-electron chi connectivity index (χ2n) is 5.86. The first-order valence-corrected chi connectivity index (χ1v) is 8.66. The number of aliphatic imine (C=N–C) groups is 1. The molecule has 0 spiro atoms. The molecular weight excluding hydrogens is 478 g/mol. The summed E-state index contributed by atoms with van der Waals surface area (Å²) in [6.07, 6.45) is -0.273. The second-order valence-corrected chi connectivity index (χ2v) is 5.86. The first kappa shape index (κ1) is 23.6. The van der Waals surface area contributed by atoms with Gasteiger partial charge in [-0.2, -0.15) is 0 Å². The van der Waals surface area contributed by atoms with Crippen LogP contribution in [0.15, 0.2) is 53.5 Å². The van der Waals surface area contributed by atoms with Crippen LogP contribution in [0, 0.1) is 15.9 Å². The van der Waals surface area contributed by atoms with Crippen LogP contribution in [0.2, 0.25) is 0 Å². The lowest BCUT2D eigenvalue weighted by atomic mass is 10.2. The molecule has 0 radical (unpaired) electrons. The molecule has 0 aliphatic carbocycles. The minimum atomic E-state index is -0.435. The Morgan fingerprint density at radius 3 is 2.50 bits per heavy atom. The maximum absolute atomic E-state index is 13.6. The van der Waals surface area contributed by atoms with E-state index in [0.29, 0.717) is 25.6 Å². The van der Waals surface area contributed by atoms with Gasteiger partial charge in [-0.25, -0.2) is 9.38 Å². The summed E-state index contributed by atoms with van der Waals surface area (Å²) < 4.78 is 19.2. The molecule has 0 bridgehead atoms. The van der Waals surface area contributed by atoms with Gasteiger partial charge in [0.05, 0.1) is 18.0 Å². The Labute approximate surface area is 180 Å². The number of nitro groups is 1. The van der Waals surface area contributed by atoms with Gasteiger partial charge in [0, 0.05) is 18.7 Å². The van der Waals surface area contributed by atoms with Crippen LogP contribution in [0.5, 0.6) is 5.75 Å². The van der Waals surface area contributed by atoms with Crippen LogP contribution in [-0.2, 0) is 6.54 Å². The molecule has 152 valence electrons. The van der Waals surface area contributed by atoms with Gasteiger partial charge in [0.25, 0.3) is 5.69 Å². The van der Waals surface area contributed by atoms with Crippen LogP contribution < -0.4 is 15.4 Å². The number of ether oxygens (including phenoxy) is 1. The highest BCUT2D eigenvalue weighted by Crippen LogP contribution is 2.16. The van der Waals surface area contributed by atoms with E-state index < -0.39 is 10.7 Å². The maximum Gasteiger partial charge on any atom is 0.269 e. The molecule has 0 amide bonds. The Morgan fingerprint density at radius 1 is 1.21 bits per heavy atom. The summed E-state index contributed by atoms with van der Waals surface area (Å²) in [5, 5.41) is 16.9. The fourth-order valence-electron chi connectivity index (χ4n) is 2.27. The van der Waals surface area contributed by atoms with Gasteiger partial charge in [0.15, 0.2) is 17.5 Å². The van der Waals surface area contributed by atoms with Gasteiger partial charge >= 0.3 is 0 Å². The van der Waals surface area contributed by atoms with Crippen molar-refractivity contribution in [2.45, 2.75) is 26.5 Å². The summed E-state index contributed by atoms with van der Waals surface area (Å²) in [5.41, 5.74) is 0.903. The maximum atomic E-state index is 13.6. The van der Waals surface area contributed by atoms with E-state index in [-0.39, 0.29) is 41.5 Å². The first-order chi connectivity index (χ1) is 13.0. The molecule has 2 N–H and O–H groups in total. The number of nitrogens with one attached hydrogen (secondary N) is 2. The van der Waals surface area contributed by atoms with Gasteiger partial charge in [-0.1, -0.05) is 24.3 Å². The highest BCUT2D eigenvalue weighted by atomic mass is 127. The van der Waals surface area contributed by atoms with Crippen molar-refractivity contribution in [3.05, 3.63) is 70.0 Å². The van der Waals surface area contributed by atoms with Crippen LogP contribution >= 0.6 is 24.0 Å². The molecule has 28 heavy (non-hydrogen) atoms. The van der Waals surface area contributed by atoms with Crippen molar-refractivity contribution in [2.75, 3.05) is 13.1 Å². The number of para-hydroxylation sites is 1. The van der Waals surface area contributed by atoms with Crippen molar-refractivity contribution >= 4 is 35.6 Å². The van der Waals surface area contributed by atoms with Gasteiger partial charge in [-0.05, 0) is 31.5 Å². The van der Waals surface area contributed by atoms with Crippen LogP contribution in [-0.4, -0.2) is 30.1 Å². The zero-order valence-electron chi connectivity index (χ0n) is 15.7. The van der Waals surface area contributed by atoms with Crippen LogP contribution in [0.3, 0.4) is 0 Å². The molecule has 2 rings (SSSR count). The predicted molar refractivity (Wildman–Crippen MR) is 118 cm³/mol. The third-order valence-electron chi connectivity index (χ3n) is 3.63. The Balaban J connectivity index is 0.00000392. The minimum absolute atomic E-state index is 0. The molecule has 2 aromatic rings. The fourth-order valence-corrected chi connectivity index (χ4v) is 2.27. The molecule has 0 saturated carbocycles. The molecule has 9 heteroatoms. The summed E-state index contributed by atoms with van der Waals surface area (Å²) in [5.74, 6) is 0.391. The Hall–Kier alpha value is -2.43. The van der Waals surface area contributed by atoms with Gasteiger partial charge in [0.2, 0.25) is 0 Å². The third-order valence-corrected chi connectivity index (χ3v) is 3.63. The van der Waals surface area contributed by atoms with Crippen molar-refractivity contribution in [2.24, 2.45) is 4.99 Å². The SMILES string of the molecule is CCNC(=NCc1ccc([N+](=O)[O-])cc1)NCC(C)Oc1ccccc1F.I. The third kappa shape index (κ3) is 7.67. The lowest BCUT2D eigenvalue weighted by Crippen LogP contribution is -2.41. The zero-order chi connectivity index (χ0) is 19.6. The van der Waals surface area contributed by atoms with Crippen LogP contribution in [0.1, 0.15) is 19.4 Å². The van der Waals surface area contributed by atoms with Gasteiger partial charge in [-0.3, -0.25) is 10.1 Å². The largest absolute Gasteiger partial charge is 0.486 e. The average molecular weight is 502 g/mol. The van der Waals surface area contributed by atoms with E-state index in [1.54, 1.807) is 30.3 Å². The zero-order valence-corrected chi connectivity index (χ0v) is 18.1. The summed E-state index contributed by atoms with van der Waals surface area (Å²) in [6.45, 7) is 5.26. The molecule has 0 heterocycles. The van der Waals surface area contributed by atoms with Crippen molar-refractivity contribution in [3.63, 3.8) is 0 Å². The first-order valence-electron chi connectivity index (χ1n) is 8.66. The molecule has 0 aliphatic heterocycles. The molecule has 0 fully saturated rings. The summed E-state index contributed by atoms with van der Waals surface area (Å²) in [4.78, 5) is 14.7. The molecule has 0 aliphatic rings. The van der Waals surface area contributed by atoms with E-state index >= 15 is 0 Å². The standard InChI is InChI=1S/C19H23FN4O3.HI/c1-3-21-19(23-13-15-8-10-16(11-9-15)24(25)26)22-12-14(2)27-18-7-5-4-6-17(18)20;/h4-11,14H,3,12-13H2,1-2H3,(H2,21,22,23);1H. The molecule has 0 saturated heterocycles. The number of hydrogen-bond donors (Lipinski definition) is 2. The molecule has 2 aromatic carbocycles. The fraction of sp³-hybridized carbons (Fsp3) is 0.316. The number of non-ortho nitro benzene ring substituents is 1. The van der Waals surface area contributed by atoms with E-state index in [9.17, 15) is 14.5 Å². The average Bonchev–Trinajstić information content (AvgIpc) is 2.66. The minimum Gasteiger partial charge on any atom is -0.486 e. The molecular formula is C19H24FIN4O3. The van der Waals surface area contributed by atoms with Crippen molar-refractivity contribution < 1.29 is 14.1 Å². The van der Waals surface area contributed by atoms with Gasteiger partial charge in [0.1, 0.15) is 6.10 Å². The van der Waals surface area contributed by atoms with E-state index in [1.807, 2.05) is 13.8 Å². The number of nitro benzene ring substituents is 1. The normalized spacial score (nSPS) is 11.9. The van der Waals surface area contributed by atoms with E-state index in [2.05, 4.69) is 15.6 Å². The Bertz CT molecular complexity index is 787. The molecule has 0 aromatic heterocycles. The summed E-state index contributed by atoms with van der Waals surface area (Å²) in [7, 11) is 0. The Kier molecular flexibility index (Phi) is 10.2. The number of rotatable bonds is 8. The van der Waals surface area contributed by atoms with Crippen LogP contribution in [0.4, 0.5) is 10.1 Å². The molecule has 1 atom stereocenters. The summed E-state index contributed by atoms with van der Waals surface area (Å²) >= 11 is 0. The number of benzene rings is 2. The summed E-state index contributed by atoms with van der Waals surface area (Å²) in [6, 6.07) is 12.5. The van der Waals surface area contributed by atoms with E-state index in [0.717, 1.165) is 5.56 Å². The number of nitrogens with zero attached hydrogens (tertiary/aromatic N) is 2. The smallest absolute Gasteiger partial charge is 0.269 e. The number of guanidine groups is 1. The van der Waals surface area contributed by atoms with Crippen LogP contribution in [0.25, 0.3) is 0 Å². The van der Waals surface area contributed by atoms with Crippen molar-refractivity contribution in [3.8, 4) is 5.75 Å². The Morgan fingerprint density at radius 2 is 1.89 bits per heavy atom. The number of halogens is 2. The monoisotopic (exact) mass is 502 g/mol.